The van der Waals surface area contributed by atoms with Gasteiger partial charge >= 0.3 is 11.9 Å². The Hall–Kier alpha value is -3.10. The van der Waals surface area contributed by atoms with Gasteiger partial charge in [0.05, 0.1) is 29.3 Å². The van der Waals surface area contributed by atoms with Crippen molar-refractivity contribution in [1.29, 1.82) is 0 Å². The van der Waals surface area contributed by atoms with Crippen LogP contribution < -0.4 is 5.69 Å². The number of rotatable bonds is 2. The number of nitrogens with one attached hydrogen (secondary N) is 2. The third-order valence-electron chi connectivity index (χ3n) is 4.02. The fraction of sp³-hybridized carbons (Fsp3) is 0.125. The van der Waals surface area contributed by atoms with E-state index in [0.717, 1.165) is 16.7 Å². The van der Waals surface area contributed by atoms with E-state index in [9.17, 15) is 22.4 Å². The molecular formula is C16H10F4N4O. The van der Waals surface area contributed by atoms with E-state index < -0.39 is 29.8 Å². The maximum Gasteiger partial charge on any atom is 0.416 e. The van der Waals surface area contributed by atoms with Gasteiger partial charge in [-0.3, -0.25) is 4.57 Å². The number of benzene rings is 1. The molecular weight excluding hydrogens is 340 g/mol. The Bertz CT molecular complexity index is 1150. The predicted octanol–water partition coefficient (Wildman–Crippen LogP) is 3.41. The summed E-state index contributed by atoms with van der Waals surface area (Å²) in [5.41, 5.74) is -0.598. The Balaban J connectivity index is 1.96. The van der Waals surface area contributed by atoms with Crippen molar-refractivity contribution in [1.82, 2.24) is 19.5 Å². The van der Waals surface area contributed by atoms with Crippen LogP contribution in [0.3, 0.4) is 0 Å². The molecule has 4 rings (SSSR count). The first-order chi connectivity index (χ1) is 11.8. The molecule has 0 saturated heterocycles. The SMILES string of the molecule is O=c1[nH]c2cnc3[nH]ccc3c2n1Cc1cc(F)ccc1C(F)(F)F. The van der Waals surface area contributed by atoms with E-state index in [1.54, 1.807) is 12.3 Å². The minimum Gasteiger partial charge on any atom is -0.346 e. The van der Waals surface area contributed by atoms with E-state index in [0.29, 0.717) is 28.1 Å². The van der Waals surface area contributed by atoms with E-state index in [1.807, 2.05) is 0 Å². The van der Waals surface area contributed by atoms with Crippen LogP contribution in [0.1, 0.15) is 11.1 Å². The van der Waals surface area contributed by atoms with Crippen molar-refractivity contribution >= 4 is 22.1 Å². The third-order valence-corrected chi connectivity index (χ3v) is 4.02. The number of imidazole rings is 1. The summed E-state index contributed by atoms with van der Waals surface area (Å²) < 4.78 is 54.2. The van der Waals surface area contributed by atoms with Crippen LogP contribution in [0.2, 0.25) is 0 Å². The second-order valence-corrected chi connectivity index (χ2v) is 5.58. The molecule has 0 atom stereocenters. The van der Waals surface area contributed by atoms with Gasteiger partial charge in [0.15, 0.2) is 0 Å². The summed E-state index contributed by atoms with van der Waals surface area (Å²) in [5.74, 6) is -0.802. The number of alkyl halides is 3. The number of pyridine rings is 1. The number of fused-ring (bicyclic) bond motifs is 3. The minimum absolute atomic E-state index is 0.323. The number of nitrogens with zero attached hydrogens (tertiary/aromatic N) is 2. The number of hydrogen-bond donors (Lipinski definition) is 2. The van der Waals surface area contributed by atoms with Crippen LogP contribution in [-0.4, -0.2) is 19.5 Å². The zero-order chi connectivity index (χ0) is 17.8. The van der Waals surface area contributed by atoms with Crippen molar-refractivity contribution in [2.24, 2.45) is 0 Å². The van der Waals surface area contributed by atoms with Crippen molar-refractivity contribution < 1.29 is 17.6 Å². The van der Waals surface area contributed by atoms with Gasteiger partial charge in [-0.05, 0) is 29.8 Å². The van der Waals surface area contributed by atoms with Gasteiger partial charge in [0.25, 0.3) is 0 Å². The molecule has 0 radical (unpaired) electrons. The molecule has 0 unspecified atom stereocenters. The van der Waals surface area contributed by atoms with E-state index >= 15 is 0 Å². The molecule has 0 saturated carbocycles. The molecule has 2 N–H and O–H groups in total. The predicted molar refractivity (Wildman–Crippen MR) is 82.7 cm³/mol. The molecule has 5 nitrogen and oxygen atoms in total. The number of hydrogen-bond acceptors (Lipinski definition) is 2. The van der Waals surface area contributed by atoms with Crippen molar-refractivity contribution in [2.75, 3.05) is 0 Å². The number of aromatic amines is 2. The first kappa shape index (κ1) is 15.4. The molecule has 9 heteroatoms. The average molecular weight is 350 g/mol. The molecule has 0 amide bonds. The summed E-state index contributed by atoms with van der Waals surface area (Å²) in [6.07, 6.45) is -1.62. The molecule has 0 bridgehead atoms. The summed E-state index contributed by atoms with van der Waals surface area (Å²) in [5, 5.41) is 0.584. The Labute approximate surface area is 136 Å². The molecule has 4 aromatic rings. The van der Waals surface area contributed by atoms with Gasteiger partial charge in [0, 0.05) is 11.6 Å². The van der Waals surface area contributed by atoms with E-state index in [-0.39, 0.29) is 5.56 Å². The van der Waals surface area contributed by atoms with Crippen molar-refractivity contribution in [3.63, 3.8) is 0 Å². The average Bonchev–Trinajstić information content (AvgIpc) is 3.10. The van der Waals surface area contributed by atoms with E-state index in [2.05, 4.69) is 15.0 Å². The normalized spacial score (nSPS) is 12.3. The standard InChI is InChI=1S/C16H10F4N4O/c17-9-1-2-11(16(18,19)20)8(5-9)7-24-13-10-3-4-21-14(10)22-6-12(13)23-15(24)25/h1-6H,7H2,(H,21,22)(H,23,25). The molecule has 1 aromatic carbocycles. The molecule has 0 aliphatic heterocycles. The van der Waals surface area contributed by atoms with E-state index in [4.69, 9.17) is 0 Å². The lowest BCUT2D eigenvalue weighted by Gasteiger charge is -2.13. The smallest absolute Gasteiger partial charge is 0.346 e. The number of H-pyrrole nitrogens is 2. The molecule has 3 heterocycles. The first-order valence-electron chi connectivity index (χ1n) is 7.25. The Morgan fingerprint density at radius 1 is 1.20 bits per heavy atom. The summed E-state index contributed by atoms with van der Waals surface area (Å²) in [7, 11) is 0. The van der Waals surface area contributed by atoms with Gasteiger partial charge in [0.2, 0.25) is 0 Å². The second kappa shape index (κ2) is 5.20. The number of halogens is 4. The molecule has 0 aliphatic rings. The van der Waals surface area contributed by atoms with Gasteiger partial charge in [-0.25, -0.2) is 14.2 Å². The maximum atomic E-state index is 13.5. The highest BCUT2D eigenvalue weighted by atomic mass is 19.4. The summed E-state index contributed by atoms with van der Waals surface area (Å²) in [4.78, 5) is 21.8. The highest BCUT2D eigenvalue weighted by molar-refractivity contribution is 6.00. The Kier molecular flexibility index (Phi) is 3.21. The molecule has 0 fully saturated rings. The summed E-state index contributed by atoms with van der Waals surface area (Å²) >= 11 is 0. The van der Waals surface area contributed by atoms with Crippen molar-refractivity contribution in [3.05, 3.63) is 64.1 Å². The molecule has 0 aliphatic carbocycles. The van der Waals surface area contributed by atoms with Gasteiger partial charge < -0.3 is 9.97 Å². The van der Waals surface area contributed by atoms with Crippen LogP contribution in [0.15, 0.2) is 41.5 Å². The summed E-state index contributed by atoms with van der Waals surface area (Å²) in [6, 6.07) is 3.89. The van der Waals surface area contributed by atoms with Crippen molar-refractivity contribution in [3.8, 4) is 0 Å². The highest BCUT2D eigenvalue weighted by Gasteiger charge is 2.33. The Morgan fingerprint density at radius 3 is 2.76 bits per heavy atom. The molecule has 25 heavy (non-hydrogen) atoms. The first-order valence-corrected chi connectivity index (χ1v) is 7.25. The fourth-order valence-electron chi connectivity index (χ4n) is 2.95. The lowest BCUT2D eigenvalue weighted by molar-refractivity contribution is -0.138. The maximum absolute atomic E-state index is 13.5. The molecule has 0 spiro atoms. The van der Waals surface area contributed by atoms with E-state index in [1.165, 1.54) is 6.20 Å². The lowest BCUT2D eigenvalue weighted by atomic mass is 10.1. The van der Waals surface area contributed by atoms with Gasteiger partial charge in [0.1, 0.15) is 11.5 Å². The monoisotopic (exact) mass is 350 g/mol. The van der Waals surface area contributed by atoms with Crippen LogP contribution in [-0.2, 0) is 12.7 Å². The van der Waals surface area contributed by atoms with Crippen LogP contribution in [0, 0.1) is 5.82 Å². The second-order valence-electron chi connectivity index (χ2n) is 5.58. The van der Waals surface area contributed by atoms with Gasteiger partial charge in [-0.2, -0.15) is 13.2 Å². The minimum atomic E-state index is -4.65. The highest BCUT2D eigenvalue weighted by Crippen LogP contribution is 2.33. The lowest BCUT2D eigenvalue weighted by Crippen LogP contribution is -2.20. The molecule has 128 valence electrons. The summed E-state index contributed by atoms with van der Waals surface area (Å²) in [6.45, 7) is -0.421. The van der Waals surface area contributed by atoms with Crippen LogP contribution in [0.25, 0.3) is 22.1 Å². The zero-order valence-corrected chi connectivity index (χ0v) is 12.5. The zero-order valence-electron chi connectivity index (χ0n) is 12.5. The van der Waals surface area contributed by atoms with Crippen LogP contribution in [0.5, 0.6) is 0 Å². The van der Waals surface area contributed by atoms with Gasteiger partial charge in [-0.1, -0.05) is 0 Å². The van der Waals surface area contributed by atoms with Crippen LogP contribution >= 0.6 is 0 Å². The quantitative estimate of drug-likeness (QED) is 0.544. The van der Waals surface area contributed by atoms with Gasteiger partial charge in [-0.15, -0.1) is 0 Å². The van der Waals surface area contributed by atoms with Crippen LogP contribution in [0.4, 0.5) is 17.6 Å². The third kappa shape index (κ3) is 2.48. The van der Waals surface area contributed by atoms with Crippen molar-refractivity contribution in [2.45, 2.75) is 12.7 Å². The number of aromatic nitrogens is 4. The largest absolute Gasteiger partial charge is 0.416 e. The fourth-order valence-corrected chi connectivity index (χ4v) is 2.95. The topological polar surface area (TPSA) is 66.5 Å². The molecule has 3 aromatic heterocycles. The Morgan fingerprint density at radius 2 is 2.00 bits per heavy atom.